The maximum Gasteiger partial charge on any atom is 0.131 e. The molecule has 88 valence electrons. The molecule has 1 aliphatic heterocycles. The van der Waals surface area contributed by atoms with Crippen molar-refractivity contribution in [3.8, 4) is 0 Å². The third-order valence-electron chi connectivity index (χ3n) is 3.35. The molecule has 1 aromatic heterocycles. The van der Waals surface area contributed by atoms with Crippen molar-refractivity contribution in [3.63, 3.8) is 0 Å². The second-order valence-electron chi connectivity index (χ2n) is 4.80. The smallest absolute Gasteiger partial charge is 0.131 e. The minimum Gasteiger partial charge on any atom is -0.397 e. The molecule has 16 heavy (non-hydrogen) atoms. The summed E-state index contributed by atoms with van der Waals surface area (Å²) in [7, 11) is 0. The van der Waals surface area contributed by atoms with Gasteiger partial charge in [-0.15, -0.1) is 0 Å². The number of pyridine rings is 1. The van der Waals surface area contributed by atoms with Crippen molar-refractivity contribution in [2.24, 2.45) is 5.92 Å². The summed E-state index contributed by atoms with van der Waals surface area (Å²) >= 11 is 0. The Morgan fingerprint density at radius 3 is 3.06 bits per heavy atom. The summed E-state index contributed by atoms with van der Waals surface area (Å²) < 4.78 is 0. The van der Waals surface area contributed by atoms with Gasteiger partial charge in [0.2, 0.25) is 0 Å². The third-order valence-corrected chi connectivity index (χ3v) is 3.35. The van der Waals surface area contributed by atoms with Crippen molar-refractivity contribution < 1.29 is 0 Å². The summed E-state index contributed by atoms with van der Waals surface area (Å²) in [6.07, 6.45) is 5.69. The molecule has 1 unspecified atom stereocenters. The fraction of sp³-hybridized carbons (Fsp3) is 0.615. The summed E-state index contributed by atoms with van der Waals surface area (Å²) in [6, 6.07) is 2.01. The van der Waals surface area contributed by atoms with Gasteiger partial charge in [0, 0.05) is 13.1 Å². The Morgan fingerprint density at radius 2 is 2.38 bits per heavy atom. The van der Waals surface area contributed by atoms with Gasteiger partial charge in [-0.1, -0.05) is 13.3 Å². The Kier molecular flexibility index (Phi) is 3.32. The summed E-state index contributed by atoms with van der Waals surface area (Å²) in [4.78, 5) is 6.85. The van der Waals surface area contributed by atoms with Crippen LogP contribution in [-0.2, 0) is 0 Å². The van der Waals surface area contributed by atoms with Crippen molar-refractivity contribution >= 4 is 11.5 Å². The Labute approximate surface area is 97.7 Å². The molecule has 0 amide bonds. The van der Waals surface area contributed by atoms with E-state index in [2.05, 4.69) is 23.7 Å². The van der Waals surface area contributed by atoms with Crippen molar-refractivity contribution in [1.82, 2.24) is 4.98 Å². The van der Waals surface area contributed by atoms with Crippen LogP contribution >= 0.6 is 0 Å². The van der Waals surface area contributed by atoms with Crippen LogP contribution in [0.25, 0.3) is 0 Å². The van der Waals surface area contributed by atoms with Crippen LogP contribution < -0.4 is 10.6 Å². The quantitative estimate of drug-likeness (QED) is 0.849. The molecule has 0 aromatic carbocycles. The lowest BCUT2D eigenvalue weighted by Crippen LogP contribution is -2.21. The highest BCUT2D eigenvalue weighted by atomic mass is 15.2. The third kappa shape index (κ3) is 2.29. The molecular weight excluding hydrogens is 198 g/mol. The van der Waals surface area contributed by atoms with Gasteiger partial charge < -0.3 is 10.6 Å². The van der Waals surface area contributed by atoms with Gasteiger partial charge in [-0.25, -0.2) is 4.98 Å². The first-order valence-electron chi connectivity index (χ1n) is 6.17. The molecule has 3 nitrogen and oxygen atoms in total. The van der Waals surface area contributed by atoms with Crippen LogP contribution in [0.15, 0.2) is 12.3 Å². The Morgan fingerprint density at radius 1 is 1.56 bits per heavy atom. The van der Waals surface area contributed by atoms with Crippen LogP contribution in [0.1, 0.15) is 31.7 Å². The van der Waals surface area contributed by atoms with Crippen LogP contribution in [0.3, 0.4) is 0 Å². The van der Waals surface area contributed by atoms with Gasteiger partial charge in [-0.2, -0.15) is 0 Å². The molecule has 0 aliphatic carbocycles. The van der Waals surface area contributed by atoms with E-state index in [9.17, 15) is 0 Å². The molecule has 2 N–H and O–H groups in total. The van der Waals surface area contributed by atoms with Crippen LogP contribution in [0.4, 0.5) is 11.5 Å². The first-order valence-corrected chi connectivity index (χ1v) is 6.17. The molecule has 0 saturated carbocycles. The molecule has 1 aromatic rings. The molecule has 2 rings (SSSR count). The predicted molar refractivity (Wildman–Crippen MR) is 68.6 cm³/mol. The Balaban J connectivity index is 2.08. The molecular formula is C13H21N3. The molecule has 0 bridgehead atoms. The number of nitrogens with two attached hydrogens (primary N) is 1. The molecule has 0 spiro atoms. The van der Waals surface area contributed by atoms with Gasteiger partial charge in [0.25, 0.3) is 0 Å². The summed E-state index contributed by atoms with van der Waals surface area (Å²) in [6.45, 7) is 6.65. The zero-order chi connectivity index (χ0) is 11.5. The average molecular weight is 219 g/mol. The number of aromatic nitrogens is 1. The highest BCUT2D eigenvalue weighted by molar-refractivity contribution is 5.53. The van der Waals surface area contributed by atoms with Crippen LogP contribution in [0, 0.1) is 12.8 Å². The van der Waals surface area contributed by atoms with Crippen LogP contribution in [-0.4, -0.2) is 18.1 Å². The van der Waals surface area contributed by atoms with Gasteiger partial charge in [0.05, 0.1) is 11.9 Å². The van der Waals surface area contributed by atoms with Gasteiger partial charge in [0.15, 0.2) is 0 Å². The Hall–Kier alpha value is -1.25. The van der Waals surface area contributed by atoms with Crippen molar-refractivity contribution in [2.45, 2.75) is 33.1 Å². The number of rotatable bonds is 3. The van der Waals surface area contributed by atoms with E-state index in [-0.39, 0.29) is 0 Å². The normalized spacial score (nSPS) is 20.4. The van der Waals surface area contributed by atoms with E-state index in [0.717, 1.165) is 30.5 Å². The minimum atomic E-state index is 0.755. The number of hydrogen-bond donors (Lipinski definition) is 1. The number of nitrogen functional groups attached to an aromatic ring is 1. The van der Waals surface area contributed by atoms with Crippen LogP contribution in [0.5, 0.6) is 0 Å². The molecule has 0 radical (unpaired) electrons. The molecule has 2 heterocycles. The van der Waals surface area contributed by atoms with Crippen molar-refractivity contribution in [3.05, 3.63) is 17.8 Å². The second-order valence-corrected chi connectivity index (χ2v) is 4.80. The van der Waals surface area contributed by atoms with Gasteiger partial charge >= 0.3 is 0 Å². The topological polar surface area (TPSA) is 42.2 Å². The largest absolute Gasteiger partial charge is 0.397 e. The number of anilines is 2. The SMILES string of the molecule is CCCC1CCN(c2ncc(N)cc2C)C1. The van der Waals surface area contributed by atoms with E-state index >= 15 is 0 Å². The Bertz CT molecular complexity index is 362. The van der Waals surface area contributed by atoms with E-state index in [1.165, 1.54) is 24.8 Å². The summed E-state index contributed by atoms with van der Waals surface area (Å²) in [5.74, 6) is 1.97. The lowest BCUT2D eigenvalue weighted by atomic mass is 10.0. The predicted octanol–water partition coefficient (Wildman–Crippen LogP) is 2.60. The van der Waals surface area contributed by atoms with Crippen molar-refractivity contribution in [2.75, 3.05) is 23.7 Å². The minimum absolute atomic E-state index is 0.755. The van der Waals surface area contributed by atoms with E-state index in [1.54, 1.807) is 6.20 Å². The van der Waals surface area contributed by atoms with Crippen LogP contribution in [0.2, 0.25) is 0 Å². The molecule has 1 aliphatic rings. The molecule has 3 heteroatoms. The monoisotopic (exact) mass is 219 g/mol. The number of nitrogens with zero attached hydrogens (tertiary/aromatic N) is 2. The lowest BCUT2D eigenvalue weighted by molar-refractivity contribution is 0.529. The zero-order valence-corrected chi connectivity index (χ0v) is 10.2. The standard InChI is InChI=1S/C13H21N3/c1-3-4-11-5-6-16(9-11)13-10(2)7-12(14)8-15-13/h7-8,11H,3-6,9,14H2,1-2H3. The first-order chi connectivity index (χ1) is 7.70. The van der Waals surface area contributed by atoms with Gasteiger partial charge in [0.1, 0.15) is 5.82 Å². The number of aryl methyl sites for hydroxylation is 1. The second kappa shape index (κ2) is 4.73. The van der Waals surface area contributed by atoms with E-state index < -0.39 is 0 Å². The van der Waals surface area contributed by atoms with E-state index in [0.29, 0.717) is 0 Å². The average Bonchev–Trinajstić information content (AvgIpc) is 2.67. The summed E-state index contributed by atoms with van der Waals surface area (Å²) in [5.41, 5.74) is 7.67. The van der Waals surface area contributed by atoms with Crippen molar-refractivity contribution in [1.29, 1.82) is 0 Å². The molecule has 1 saturated heterocycles. The highest BCUT2D eigenvalue weighted by Crippen LogP contribution is 2.27. The zero-order valence-electron chi connectivity index (χ0n) is 10.2. The fourth-order valence-electron chi connectivity index (χ4n) is 2.59. The molecule has 1 fully saturated rings. The first kappa shape index (κ1) is 11.2. The van der Waals surface area contributed by atoms with Gasteiger partial charge in [-0.05, 0) is 37.3 Å². The fourth-order valence-corrected chi connectivity index (χ4v) is 2.59. The highest BCUT2D eigenvalue weighted by Gasteiger charge is 2.23. The van der Waals surface area contributed by atoms with E-state index in [4.69, 9.17) is 5.73 Å². The lowest BCUT2D eigenvalue weighted by Gasteiger charge is -2.19. The number of hydrogen-bond acceptors (Lipinski definition) is 3. The molecule has 1 atom stereocenters. The summed E-state index contributed by atoms with van der Waals surface area (Å²) in [5, 5.41) is 0. The maximum absolute atomic E-state index is 5.72. The maximum atomic E-state index is 5.72. The van der Waals surface area contributed by atoms with Gasteiger partial charge in [-0.3, -0.25) is 0 Å². The van der Waals surface area contributed by atoms with E-state index in [1.807, 2.05) is 6.07 Å².